The van der Waals surface area contributed by atoms with Crippen molar-refractivity contribution in [3.05, 3.63) is 47.8 Å². The molecule has 2 heterocycles. The van der Waals surface area contributed by atoms with Gasteiger partial charge in [0.05, 0.1) is 12.5 Å². The summed E-state index contributed by atoms with van der Waals surface area (Å²) in [7, 11) is 0. The van der Waals surface area contributed by atoms with Crippen LogP contribution in [0.5, 0.6) is 5.75 Å². The van der Waals surface area contributed by atoms with Crippen molar-refractivity contribution in [2.75, 3.05) is 24.6 Å². The summed E-state index contributed by atoms with van der Waals surface area (Å²) in [6.45, 7) is 6.95. The lowest BCUT2D eigenvalue weighted by Crippen LogP contribution is -2.43. The van der Waals surface area contributed by atoms with Crippen LogP contribution in [0.25, 0.3) is 0 Å². The summed E-state index contributed by atoms with van der Waals surface area (Å²) in [4.78, 5) is 23.6. The number of carbonyl (C=O) groups excluding carboxylic acids is 1. The van der Waals surface area contributed by atoms with Crippen molar-refractivity contribution in [3.8, 4) is 5.75 Å². The van der Waals surface area contributed by atoms with Gasteiger partial charge in [0.15, 0.2) is 0 Å². The molecule has 0 bridgehead atoms. The molecule has 6 heteroatoms. The quantitative estimate of drug-likeness (QED) is 0.708. The fourth-order valence-electron chi connectivity index (χ4n) is 3.33. The molecule has 28 heavy (non-hydrogen) atoms. The monoisotopic (exact) mass is 382 g/mol. The highest BCUT2D eigenvalue weighted by molar-refractivity contribution is 5.79. The maximum absolute atomic E-state index is 12.7. The van der Waals surface area contributed by atoms with Crippen molar-refractivity contribution in [1.82, 2.24) is 15.3 Å². The summed E-state index contributed by atoms with van der Waals surface area (Å²) in [5, 5.41) is 3.08. The van der Waals surface area contributed by atoms with Crippen molar-refractivity contribution >= 4 is 11.9 Å². The van der Waals surface area contributed by atoms with E-state index in [-0.39, 0.29) is 11.8 Å². The number of benzene rings is 1. The van der Waals surface area contributed by atoms with E-state index in [1.54, 1.807) is 6.20 Å². The van der Waals surface area contributed by atoms with Crippen molar-refractivity contribution in [3.63, 3.8) is 0 Å². The van der Waals surface area contributed by atoms with Crippen LogP contribution in [0.3, 0.4) is 0 Å². The third kappa shape index (κ3) is 5.68. The molecular formula is C22H30N4O2. The fourth-order valence-corrected chi connectivity index (χ4v) is 3.33. The largest absolute Gasteiger partial charge is 0.494 e. The minimum absolute atomic E-state index is 0.0329. The zero-order chi connectivity index (χ0) is 19.8. The number of amides is 1. The van der Waals surface area contributed by atoms with Gasteiger partial charge in [0.25, 0.3) is 0 Å². The molecule has 1 saturated heterocycles. The van der Waals surface area contributed by atoms with Crippen molar-refractivity contribution < 1.29 is 9.53 Å². The average molecular weight is 383 g/mol. The van der Waals surface area contributed by atoms with E-state index in [9.17, 15) is 4.79 Å². The maximum atomic E-state index is 12.7. The Kier molecular flexibility index (Phi) is 7.23. The Morgan fingerprint density at radius 1 is 1.29 bits per heavy atom. The van der Waals surface area contributed by atoms with E-state index >= 15 is 0 Å². The van der Waals surface area contributed by atoms with Gasteiger partial charge in [-0.2, -0.15) is 0 Å². The van der Waals surface area contributed by atoms with Crippen molar-refractivity contribution in [1.29, 1.82) is 0 Å². The zero-order valence-electron chi connectivity index (χ0n) is 16.9. The molecule has 0 spiro atoms. The lowest BCUT2D eigenvalue weighted by molar-refractivity contribution is -0.125. The molecule has 1 N–H and O–H groups in total. The Labute approximate surface area is 167 Å². The highest BCUT2D eigenvalue weighted by atomic mass is 16.5. The Morgan fingerprint density at radius 2 is 2.11 bits per heavy atom. The van der Waals surface area contributed by atoms with Crippen molar-refractivity contribution in [2.45, 2.75) is 46.1 Å². The SMILES string of the molecule is CCCCOc1ccc(CNC(=O)[C@H]2CCCN(c3nccc(C)n3)C2)cc1. The lowest BCUT2D eigenvalue weighted by Gasteiger charge is -2.32. The highest BCUT2D eigenvalue weighted by Crippen LogP contribution is 2.21. The molecule has 2 aromatic rings. The molecule has 1 aromatic heterocycles. The molecule has 1 atom stereocenters. The van der Waals surface area contributed by atoms with Crippen LogP contribution < -0.4 is 15.0 Å². The summed E-state index contributed by atoms with van der Waals surface area (Å²) < 4.78 is 5.68. The minimum Gasteiger partial charge on any atom is -0.494 e. The second kappa shape index (κ2) is 10.1. The number of hydrogen-bond donors (Lipinski definition) is 1. The number of rotatable bonds is 8. The number of unbranched alkanes of at least 4 members (excludes halogenated alkanes) is 1. The molecule has 1 amide bonds. The Balaban J connectivity index is 1.49. The Bertz CT molecular complexity index is 763. The van der Waals surface area contributed by atoms with Crippen LogP contribution in [-0.4, -0.2) is 35.6 Å². The first-order valence-corrected chi connectivity index (χ1v) is 10.2. The molecule has 1 fully saturated rings. The van der Waals surface area contributed by atoms with Gasteiger partial charge in [0.1, 0.15) is 5.75 Å². The van der Waals surface area contributed by atoms with Crippen LogP contribution in [0.4, 0.5) is 5.95 Å². The lowest BCUT2D eigenvalue weighted by atomic mass is 9.97. The standard InChI is InChI=1S/C22H30N4O2/c1-3-4-14-28-20-9-7-18(8-10-20)15-24-21(27)19-6-5-13-26(16-19)22-23-12-11-17(2)25-22/h7-12,19H,3-6,13-16H2,1-2H3,(H,24,27)/t19-/m0/s1. The molecule has 150 valence electrons. The van der Waals surface area contributed by atoms with Gasteiger partial charge in [0, 0.05) is 31.5 Å². The van der Waals surface area contributed by atoms with Crippen LogP contribution in [0.1, 0.15) is 43.9 Å². The summed E-state index contributed by atoms with van der Waals surface area (Å²) in [6, 6.07) is 9.84. The number of aromatic nitrogens is 2. The molecular weight excluding hydrogens is 352 g/mol. The van der Waals surface area contributed by atoms with Gasteiger partial charge in [-0.25, -0.2) is 9.97 Å². The average Bonchev–Trinajstić information content (AvgIpc) is 2.73. The zero-order valence-corrected chi connectivity index (χ0v) is 16.9. The smallest absolute Gasteiger partial charge is 0.225 e. The third-order valence-electron chi connectivity index (χ3n) is 5.01. The first-order valence-electron chi connectivity index (χ1n) is 10.2. The second-order valence-electron chi connectivity index (χ2n) is 7.35. The van der Waals surface area contributed by atoms with Crippen LogP contribution in [-0.2, 0) is 11.3 Å². The number of nitrogens with one attached hydrogen (secondary N) is 1. The first-order chi connectivity index (χ1) is 13.7. The third-order valence-corrected chi connectivity index (χ3v) is 5.01. The van der Waals surface area contributed by atoms with Gasteiger partial charge in [-0.3, -0.25) is 4.79 Å². The highest BCUT2D eigenvalue weighted by Gasteiger charge is 2.27. The Hall–Kier alpha value is -2.63. The van der Waals surface area contributed by atoms with Gasteiger partial charge in [-0.05, 0) is 49.9 Å². The summed E-state index contributed by atoms with van der Waals surface area (Å²) in [5.41, 5.74) is 2.02. The molecule has 1 aliphatic rings. The number of hydrogen-bond acceptors (Lipinski definition) is 5. The fraction of sp³-hybridized carbons (Fsp3) is 0.500. The van der Waals surface area contributed by atoms with Gasteiger partial charge < -0.3 is 15.0 Å². The predicted octanol–water partition coefficient (Wildman–Crippen LogP) is 3.50. The number of ether oxygens (including phenoxy) is 1. The number of aryl methyl sites for hydroxylation is 1. The molecule has 1 aromatic carbocycles. The van der Waals surface area contributed by atoms with E-state index < -0.39 is 0 Å². The topological polar surface area (TPSA) is 67.3 Å². The van der Waals surface area contributed by atoms with E-state index in [1.807, 2.05) is 37.3 Å². The van der Waals surface area contributed by atoms with Crippen LogP contribution in [0, 0.1) is 12.8 Å². The molecule has 0 radical (unpaired) electrons. The van der Waals surface area contributed by atoms with Gasteiger partial charge in [-0.15, -0.1) is 0 Å². The van der Waals surface area contributed by atoms with Crippen LogP contribution in [0.15, 0.2) is 36.5 Å². The molecule has 3 rings (SSSR count). The number of anilines is 1. The first kappa shape index (κ1) is 20.1. The maximum Gasteiger partial charge on any atom is 0.225 e. The van der Waals surface area contributed by atoms with E-state index in [0.29, 0.717) is 13.1 Å². The van der Waals surface area contributed by atoms with Gasteiger partial charge in [-0.1, -0.05) is 25.5 Å². The van der Waals surface area contributed by atoms with Crippen molar-refractivity contribution in [2.24, 2.45) is 5.92 Å². The molecule has 0 unspecified atom stereocenters. The summed E-state index contributed by atoms with van der Waals surface area (Å²) in [6.07, 6.45) is 5.83. The Morgan fingerprint density at radius 3 is 2.86 bits per heavy atom. The summed E-state index contributed by atoms with van der Waals surface area (Å²) in [5.74, 6) is 1.66. The molecule has 6 nitrogen and oxygen atoms in total. The number of piperidine rings is 1. The molecule has 0 saturated carbocycles. The minimum atomic E-state index is -0.0329. The summed E-state index contributed by atoms with van der Waals surface area (Å²) >= 11 is 0. The van der Waals surface area contributed by atoms with E-state index in [2.05, 4.69) is 27.1 Å². The predicted molar refractivity (Wildman–Crippen MR) is 110 cm³/mol. The van der Waals surface area contributed by atoms with Gasteiger partial charge >= 0.3 is 0 Å². The number of carbonyl (C=O) groups is 1. The number of nitrogens with zero attached hydrogens (tertiary/aromatic N) is 3. The van der Waals surface area contributed by atoms with E-state index in [4.69, 9.17) is 4.74 Å². The van der Waals surface area contributed by atoms with Crippen LogP contribution in [0.2, 0.25) is 0 Å². The van der Waals surface area contributed by atoms with Crippen LogP contribution >= 0.6 is 0 Å². The molecule has 1 aliphatic heterocycles. The second-order valence-corrected chi connectivity index (χ2v) is 7.35. The normalized spacial score (nSPS) is 16.6. The van der Waals surface area contributed by atoms with E-state index in [0.717, 1.165) is 61.8 Å². The van der Waals surface area contributed by atoms with E-state index in [1.165, 1.54) is 0 Å². The van der Waals surface area contributed by atoms with Gasteiger partial charge in [0.2, 0.25) is 11.9 Å². The molecule has 0 aliphatic carbocycles.